The number of nitrogens with zero attached hydrogens (tertiary/aromatic N) is 2. The minimum atomic E-state index is -0.448. The van der Waals surface area contributed by atoms with Crippen LogP contribution < -0.4 is 10.1 Å². The summed E-state index contributed by atoms with van der Waals surface area (Å²) >= 11 is 0. The molecule has 90 valence electrons. The highest BCUT2D eigenvalue weighted by Gasteiger charge is 2.19. The first-order chi connectivity index (χ1) is 7.49. The van der Waals surface area contributed by atoms with Crippen LogP contribution >= 0.6 is 0 Å². The molecule has 0 saturated carbocycles. The third-order valence-electron chi connectivity index (χ3n) is 2.58. The Morgan fingerprint density at radius 1 is 1.56 bits per heavy atom. The van der Waals surface area contributed by atoms with Crippen LogP contribution in [-0.2, 0) is 5.54 Å². The van der Waals surface area contributed by atoms with E-state index in [-0.39, 0.29) is 5.54 Å². The summed E-state index contributed by atoms with van der Waals surface area (Å²) in [7, 11) is 0. The van der Waals surface area contributed by atoms with Gasteiger partial charge in [0, 0.05) is 6.54 Å². The summed E-state index contributed by atoms with van der Waals surface area (Å²) in [6.45, 7) is 8.64. The standard InChI is InChI=1S/C11H19N3O2/c1-5-11(3,4)14-8-9(7-13-14)16-10(15)12-6-2/h7-8H,5-6H2,1-4H3,(H,12,15). The summed E-state index contributed by atoms with van der Waals surface area (Å²) in [6, 6.07) is 0. The second-order valence-electron chi connectivity index (χ2n) is 4.21. The van der Waals surface area contributed by atoms with E-state index in [1.54, 1.807) is 12.4 Å². The van der Waals surface area contributed by atoms with Crippen LogP contribution in [0.1, 0.15) is 34.1 Å². The SMILES string of the molecule is CCNC(=O)Oc1cnn(C(C)(C)CC)c1. The summed E-state index contributed by atoms with van der Waals surface area (Å²) in [6.07, 6.45) is 3.79. The van der Waals surface area contributed by atoms with Crippen molar-refractivity contribution in [3.8, 4) is 5.75 Å². The molecule has 0 atom stereocenters. The lowest BCUT2D eigenvalue weighted by molar-refractivity contribution is 0.201. The van der Waals surface area contributed by atoms with Gasteiger partial charge in [-0.15, -0.1) is 0 Å². The van der Waals surface area contributed by atoms with Crippen molar-refractivity contribution in [3.63, 3.8) is 0 Å². The summed E-state index contributed by atoms with van der Waals surface area (Å²) < 4.78 is 6.85. The Morgan fingerprint density at radius 3 is 2.81 bits per heavy atom. The maximum atomic E-state index is 11.2. The molecule has 0 aliphatic heterocycles. The van der Waals surface area contributed by atoms with Crippen LogP contribution in [0.15, 0.2) is 12.4 Å². The van der Waals surface area contributed by atoms with E-state index < -0.39 is 6.09 Å². The number of carbonyl (C=O) groups is 1. The Labute approximate surface area is 95.8 Å². The Hall–Kier alpha value is -1.52. The van der Waals surface area contributed by atoms with Crippen LogP contribution in [0.2, 0.25) is 0 Å². The predicted octanol–water partition coefficient (Wildman–Crippen LogP) is 2.14. The van der Waals surface area contributed by atoms with Crippen LogP contribution in [0.5, 0.6) is 5.75 Å². The quantitative estimate of drug-likeness (QED) is 0.854. The van der Waals surface area contributed by atoms with Crippen molar-refractivity contribution in [2.75, 3.05) is 6.54 Å². The average molecular weight is 225 g/mol. The number of aromatic nitrogens is 2. The first-order valence-corrected chi connectivity index (χ1v) is 5.50. The highest BCUT2D eigenvalue weighted by Crippen LogP contribution is 2.21. The summed E-state index contributed by atoms with van der Waals surface area (Å²) in [5.74, 6) is 0.465. The molecule has 0 unspecified atom stereocenters. The third-order valence-corrected chi connectivity index (χ3v) is 2.58. The number of hydrogen-bond donors (Lipinski definition) is 1. The molecule has 1 aromatic rings. The number of hydrogen-bond acceptors (Lipinski definition) is 3. The molecule has 0 bridgehead atoms. The van der Waals surface area contributed by atoms with E-state index in [0.717, 1.165) is 6.42 Å². The van der Waals surface area contributed by atoms with Gasteiger partial charge in [0.2, 0.25) is 0 Å². The highest BCUT2D eigenvalue weighted by molar-refractivity contribution is 5.69. The Kier molecular flexibility index (Phi) is 3.93. The Bertz CT molecular complexity index is 358. The first-order valence-electron chi connectivity index (χ1n) is 5.50. The molecule has 0 spiro atoms. The van der Waals surface area contributed by atoms with Gasteiger partial charge in [0.15, 0.2) is 5.75 Å². The lowest BCUT2D eigenvalue weighted by Crippen LogP contribution is -2.26. The molecular formula is C11H19N3O2. The van der Waals surface area contributed by atoms with E-state index in [9.17, 15) is 4.79 Å². The van der Waals surface area contributed by atoms with Crippen molar-refractivity contribution in [2.24, 2.45) is 0 Å². The van der Waals surface area contributed by atoms with Gasteiger partial charge in [-0.25, -0.2) is 4.79 Å². The molecule has 0 aliphatic carbocycles. The van der Waals surface area contributed by atoms with Gasteiger partial charge in [-0.05, 0) is 27.2 Å². The third kappa shape index (κ3) is 2.98. The molecule has 0 aliphatic rings. The maximum Gasteiger partial charge on any atom is 0.412 e. The zero-order chi connectivity index (χ0) is 12.2. The van der Waals surface area contributed by atoms with Gasteiger partial charge in [-0.1, -0.05) is 6.92 Å². The fraction of sp³-hybridized carbons (Fsp3) is 0.636. The molecule has 1 rings (SSSR count). The fourth-order valence-electron chi connectivity index (χ4n) is 1.14. The number of carbonyl (C=O) groups excluding carboxylic acids is 1. The van der Waals surface area contributed by atoms with Gasteiger partial charge in [-0.2, -0.15) is 5.10 Å². The lowest BCUT2D eigenvalue weighted by Gasteiger charge is -2.22. The predicted molar refractivity (Wildman–Crippen MR) is 61.5 cm³/mol. The van der Waals surface area contributed by atoms with Crippen molar-refractivity contribution in [1.82, 2.24) is 15.1 Å². The van der Waals surface area contributed by atoms with E-state index in [0.29, 0.717) is 12.3 Å². The van der Waals surface area contributed by atoms with Gasteiger partial charge in [-0.3, -0.25) is 4.68 Å². The molecule has 5 heteroatoms. The van der Waals surface area contributed by atoms with Crippen molar-refractivity contribution in [1.29, 1.82) is 0 Å². The molecule has 0 aromatic carbocycles. The van der Waals surface area contributed by atoms with Gasteiger partial charge in [0.25, 0.3) is 0 Å². The molecular weight excluding hydrogens is 206 g/mol. The van der Waals surface area contributed by atoms with E-state index in [1.165, 1.54) is 0 Å². The van der Waals surface area contributed by atoms with E-state index >= 15 is 0 Å². The smallest absolute Gasteiger partial charge is 0.407 e. The van der Waals surface area contributed by atoms with Crippen LogP contribution in [0, 0.1) is 0 Å². The van der Waals surface area contributed by atoms with Crippen LogP contribution in [0.3, 0.4) is 0 Å². The van der Waals surface area contributed by atoms with Gasteiger partial charge in [0.1, 0.15) is 0 Å². The zero-order valence-electron chi connectivity index (χ0n) is 10.3. The average Bonchev–Trinajstić information content (AvgIpc) is 2.67. The van der Waals surface area contributed by atoms with Crippen molar-refractivity contribution in [2.45, 2.75) is 39.7 Å². The van der Waals surface area contributed by atoms with E-state index in [2.05, 4.69) is 31.2 Å². The van der Waals surface area contributed by atoms with Gasteiger partial charge in [0.05, 0.1) is 17.9 Å². The largest absolute Gasteiger partial charge is 0.412 e. The fourth-order valence-corrected chi connectivity index (χ4v) is 1.14. The normalized spacial score (nSPS) is 11.2. The molecule has 16 heavy (non-hydrogen) atoms. The summed E-state index contributed by atoms with van der Waals surface area (Å²) in [4.78, 5) is 11.2. The monoisotopic (exact) mass is 225 g/mol. The van der Waals surface area contributed by atoms with Gasteiger partial charge >= 0.3 is 6.09 Å². The number of rotatable bonds is 4. The molecule has 0 saturated heterocycles. The lowest BCUT2D eigenvalue weighted by atomic mass is 10.0. The van der Waals surface area contributed by atoms with Crippen LogP contribution in [0.4, 0.5) is 4.79 Å². The minimum Gasteiger partial charge on any atom is -0.407 e. The van der Waals surface area contributed by atoms with Gasteiger partial charge < -0.3 is 10.1 Å². The number of ether oxygens (including phenoxy) is 1. The molecule has 1 amide bonds. The van der Waals surface area contributed by atoms with E-state index in [4.69, 9.17) is 4.74 Å². The maximum absolute atomic E-state index is 11.2. The summed E-state index contributed by atoms with van der Waals surface area (Å²) in [5.41, 5.74) is -0.0666. The number of amides is 1. The molecule has 5 nitrogen and oxygen atoms in total. The topological polar surface area (TPSA) is 56.1 Å². The molecule has 1 aromatic heterocycles. The first kappa shape index (κ1) is 12.5. The summed E-state index contributed by atoms with van der Waals surface area (Å²) in [5, 5.41) is 6.74. The molecule has 0 radical (unpaired) electrons. The Balaban J connectivity index is 2.68. The molecule has 0 fully saturated rings. The van der Waals surface area contributed by atoms with E-state index in [1.807, 2.05) is 11.6 Å². The van der Waals surface area contributed by atoms with Crippen LogP contribution in [-0.4, -0.2) is 22.4 Å². The van der Waals surface area contributed by atoms with Crippen LogP contribution in [0.25, 0.3) is 0 Å². The van der Waals surface area contributed by atoms with Crippen molar-refractivity contribution < 1.29 is 9.53 Å². The van der Waals surface area contributed by atoms with Crippen molar-refractivity contribution in [3.05, 3.63) is 12.4 Å². The zero-order valence-corrected chi connectivity index (χ0v) is 10.3. The van der Waals surface area contributed by atoms with Crippen molar-refractivity contribution >= 4 is 6.09 Å². The second kappa shape index (κ2) is 5.01. The minimum absolute atomic E-state index is 0.0666. The highest BCUT2D eigenvalue weighted by atomic mass is 16.6. The Morgan fingerprint density at radius 2 is 2.25 bits per heavy atom. The molecule has 1 heterocycles. The number of nitrogens with one attached hydrogen (secondary N) is 1. The second-order valence-corrected chi connectivity index (χ2v) is 4.21. The molecule has 1 N–H and O–H groups in total.